The Bertz CT molecular complexity index is 819. The Kier molecular flexibility index (Phi) is 2.57. The quantitative estimate of drug-likeness (QED) is 0.698. The van der Waals surface area contributed by atoms with Crippen LogP contribution < -0.4 is 5.56 Å². The largest absolute Gasteiger partial charge is 0.319 e. The smallest absolute Gasteiger partial charge is 0.276 e. The van der Waals surface area contributed by atoms with Gasteiger partial charge in [-0.2, -0.15) is 5.10 Å². The average molecular weight is 282 g/mol. The molecule has 0 aliphatic heterocycles. The Morgan fingerprint density at radius 3 is 2.94 bits per heavy atom. The predicted molar refractivity (Wildman–Crippen MR) is 72.6 cm³/mol. The monoisotopic (exact) mass is 281 g/mol. The van der Waals surface area contributed by atoms with Crippen LogP contribution in [0.15, 0.2) is 23.1 Å². The van der Waals surface area contributed by atoms with Crippen molar-refractivity contribution in [1.29, 1.82) is 0 Å². The standard InChI is InChI=1S/C12H9Cl2N3O/c1-6-2-10-9(3-7(6)4-13)16-12(18)11-8(14)5-15-17(10)11/h2-3,5H,4H2,1H3,(H,16,18). The number of aromatic amines is 1. The van der Waals surface area contributed by atoms with E-state index in [1.807, 2.05) is 19.1 Å². The summed E-state index contributed by atoms with van der Waals surface area (Å²) in [6, 6.07) is 3.81. The van der Waals surface area contributed by atoms with Gasteiger partial charge in [0, 0.05) is 5.88 Å². The van der Waals surface area contributed by atoms with Crippen LogP contribution in [0.3, 0.4) is 0 Å². The number of nitrogens with zero attached hydrogens (tertiary/aromatic N) is 2. The number of hydrogen-bond donors (Lipinski definition) is 1. The topological polar surface area (TPSA) is 50.2 Å². The highest BCUT2D eigenvalue weighted by atomic mass is 35.5. The van der Waals surface area contributed by atoms with Crippen LogP contribution in [0.5, 0.6) is 0 Å². The fraction of sp³-hybridized carbons (Fsp3) is 0.167. The van der Waals surface area contributed by atoms with Crippen LogP contribution in [0, 0.1) is 6.92 Å². The van der Waals surface area contributed by atoms with Crippen LogP contribution in [0.25, 0.3) is 16.6 Å². The SMILES string of the molecule is Cc1cc2c(cc1CCl)[nH]c(=O)c1c(Cl)cnn12. The minimum absolute atomic E-state index is 0.255. The number of halogens is 2. The maximum Gasteiger partial charge on any atom is 0.276 e. The van der Waals surface area contributed by atoms with Gasteiger partial charge in [-0.1, -0.05) is 11.6 Å². The van der Waals surface area contributed by atoms with Crippen molar-refractivity contribution in [3.8, 4) is 0 Å². The van der Waals surface area contributed by atoms with Crippen LogP contribution in [0.1, 0.15) is 11.1 Å². The first kappa shape index (κ1) is 11.6. The lowest BCUT2D eigenvalue weighted by Gasteiger charge is -2.06. The van der Waals surface area contributed by atoms with Gasteiger partial charge in [-0.3, -0.25) is 4.79 Å². The molecule has 6 heteroatoms. The van der Waals surface area contributed by atoms with E-state index in [2.05, 4.69) is 10.1 Å². The summed E-state index contributed by atoms with van der Waals surface area (Å²) in [7, 11) is 0. The van der Waals surface area contributed by atoms with Crippen LogP contribution >= 0.6 is 23.2 Å². The van der Waals surface area contributed by atoms with Gasteiger partial charge < -0.3 is 4.98 Å². The molecular formula is C12H9Cl2N3O. The molecule has 0 radical (unpaired) electrons. The summed E-state index contributed by atoms with van der Waals surface area (Å²) in [5.41, 5.74) is 3.66. The molecule has 2 aromatic heterocycles. The fourth-order valence-electron chi connectivity index (χ4n) is 2.05. The second-order valence-corrected chi connectivity index (χ2v) is 4.81. The van der Waals surface area contributed by atoms with Crippen molar-refractivity contribution in [2.45, 2.75) is 12.8 Å². The molecule has 0 amide bonds. The van der Waals surface area contributed by atoms with Crippen molar-refractivity contribution in [1.82, 2.24) is 14.6 Å². The Hall–Kier alpha value is -1.52. The average Bonchev–Trinajstić information content (AvgIpc) is 2.73. The number of aromatic nitrogens is 3. The second-order valence-electron chi connectivity index (χ2n) is 4.14. The zero-order valence-electron chi connectivity index (χ0n) is 9.50. The van der Waals surface area contributed by atoms with Gasteiger partial charge in [-0.05, 0) is 30.2 Å². The number of fused-ring (bicyclic) bond motifs is 3. The summed E-state index contributed by atoms with van der Waals surface area (Å²) >= 11 is 11.8. The Morgan fingerprint density at radius 2 is 2.22 bits per heavy atom. The maximum atomic E-state index is 11.9. The number of H-pyrrole nitrogens is 1. The third-order valence-electron chi connectivity index (χ3n) is 3.01. The van der Waals surface area contributed by atoms with E-state index in [9.17, 15) is 4.79 Å². The Labute approximate surface area is 112 Å². The molecule has 0 bridgehead atoms. The molecule has 2 heterocycles. The first-order chi connectivity index (χ1) is 8.61. The third-order valence-corrected chi connectivity index (χ3v) is 3.58. The molecule has 0 saturated carbocycles. The molecule has 92 valence electrons. The molecule has 0 aliphatic rings. The lowest BCUT2D eigenvalue weighted by Crippen LogP contribution is -2.11. The molecule has 0 atom stereocenters. The highest BCUT2D eigenvalue weighted by Gasteiger charge is 2.11. The van der Waals surface area contributed by atoms with Crippen molar-refractivity contribution in [2.75, 3.05) is 0 Å². The van der Waals surface area contributed by atoms with Crippen molar-refractivity contribution in [3.63, 3.8) is 0 Å². The molecule has 0 fully saturated rings. The number of benzene rings is 1. The van der Waals surface area contributed by atoms with Crippen molar-refractivity contribution in [2.24, 2.45) is 0 Å². The summed E-state index contributed by atoms with van der Waals surface area (Å²) in [6.07, 6.45) is 1.47. The van der Waals surface area contributed by atoms with Crippen LogP contribution in [-0.2, 0) is 5.88 Å². The number of rotatable bonds is 1. The van der Waals surface area contributed by atoms with Crippen LogP contribution in [-0.4, -0.2) is 14.6 Å². The first-order valence-corrected chi connectivity index (χ1v) is 6.28. The summed E-state index contributed by atoms with van der Waals surface area (Å²) in [6.45, 7) is 1.97. The predicted octanol–water partition coefficient (Wildman–Crippen LogP) is 2.88. The molecule has 18 heavy (non-hydrogen) atoms. The van der Waals surface area contributed by atoms with Gasteiger partial charge in [0.05, 0.1) is 22.3 Å². The Morgan fingerprint density at radius 1 is 1.44 bits per heavy atom. The van der Waals surface area contributed by atoms with E-state index in [0.29, 0.717) is 21.9 Å². The molecule has 0 aliphatic carbocycles. The molecule has 4 nitrogen and oxygen atoms in total. The van der Waals surface area contributed by atoms with Crippen molar-refractivity contribution < 1.29 is 0 Å². The minimum Gasteiger partial charge on any atom is -0.319 e. The zero-order valence-corrected chi connectivity index (χ0v) is 11.0. The summed E-state index contributed by atoms with van der Waals surface area (Å²) < 4.78 is 1.56. The normalized spacial score (nSPS) is 11.5. The molecule has 0 saturated heterocycles. The lowest BCUT2D eigenvalue weighted by molar-refractivity contribution is 0.984. The Balaban J connectivity index is 2.55. The molecule has 0 spiro atoms. The molecule has 1 aromatic carbocycles. The van der Waals surface area contributed by atoms with E-state index in [-0.39, 0.29) is 5.56 Å². The van der Waals surface area contributed by atoms with Gasteiger partial charge in [0.2, 0.25) is 0 Å². The summed E-state index contributed by atoms with van der Waals surface area (Å²) in [4.78, 5) is 14.7. The molecule has 1 N–H and O–H groups in total. The number of nitrogens with one attached hydrogen (secondary N) is 1. The van der Waals surface area contributed by atoms with Crippen molar-refractivity contribution in [3.05, 3.63) is 44.8 Å². The summed E-state index contributed by atoms with van der Waals surface area (Å²) in [5, 5.41) is 4.48. The maximum absolute atomic E-state index is 11.9. The number of hydrogen-bond acceptors (Lipinski definition) is 2. The van der Waals surface area contributed by atoms with E-state index < -0.39 is 0 Å². The van der Waals surface area contributed by atoms with E-state index in [4.69, 9.17) is 23.2 Å². The summed E-state index contributed by atoms with van der Waals surface area (Å²) in [5.74, 6) is 0.404. The molecule has 3 rings (SSSR count). The molecule has 0 unspecified atom stereocenters. The third kappa shape index (κ3) is 1.53. The molecular weight excluding hydrogens is 273 g/mol. The second kappa shape index (κ2) is 4.00. The fourth-order valence-corrected chi connectivity index (χ4v) is 2.55. The van der Waals surface area contributed by atoms with E-state index in [1.165, 1.54) is 6.20 Å². The van der Waals surface area contributed by atoms with Gasteiger partial charge in [-0.15, -0.1) is 11.6 Å². The molecule has 3 aromatic rings. The number of alkyl halides is 1. The van der Waals surface area contributed by atoms with Crippen molar-refractivity contribution >= 4 is 39.8 Å². The zero-order chi connectivity index (χ0) is 12.9. The van der Waals surface area contributed by atoms with E-state index >= 15 is 0 Å². The number of aryl methyl sites for hydroxylation is 1. The highest BCUT2D eigenvalue weighted by Crippen LogP contribution is 2.21. The van der Waals surface area contributed by atoms with E-state index in [1.54, 1.807) is 4.52 Å². The van der Waals surface area contributed by atoms with Gasteiger partial charge in [0.1, 0.15) is 0 Å². The van der Waals surface area contributed by atoms with Gasteiger partial charge in [-0.25, -0.2) is 4.52 Å². The minimum atomic E-state index is -0.255. The van der Waals surface area contributed by atoms with Gasteiger partial charge in [0.25, 0.3) is 5.56 Å². The van der Waals surface area contributed by atoms with Gasteiger partial charge in [0.15, 0.2) is 5.52 Å². The van der Waals surface area contributed by atoms with Crippen LogP contribution in [0.4, 0.5) is 0 Å². The van der Waals surface area contributed by atoms with Gasteiger partial charge >= 0.3 is 0 Å². The van der Waals surface area contributed by atoms with Crippen LogP contribution in [0.2, 0.25) is 5.02 Å². The highest BCUT2D eigenvalue weighted by molar-refractivity contribution is 6.33. The first-order valence-electron chi connectivity index (χ1n) is 5.36. The van der Waals surface area contributed by atoms with E-state index in [0.717, 1.165) is 16.6 Å². The lowest BCUT2D eigenvalue weighted by atomic mass is 10.1.